The van der Waals surface area contributed by atoms with E-state index in [0.29, 0.717) is 24.2 Å². The first kappa shape index (κ1) is 15.6. The third kappa shape index (κ3) is 5.39. The second-order valence-electron chi connectivity index (χ2n) is 4.31. The van der Waals surface area contributed by atoms with Gasteiger partial charge in [0, 0.05) is 24.2 Å². The van der Waals surface area contributed by atoms with E-state index in [1.165, 1.54) is 6.07 Å². The van der Waals surface area contributed by atoms with Gasteiger partial charge in [-0.2, -0.15) is 0 Å². The van der Waals surface area contributed by atoms with Gasteiger partial charge in [-0.05, 0) is 25.1 Å². The van der Waals surface area contributed by atoms with Crippen LogP contribution in [0, 0.1) is 17.7 Å². The van der Waals surface area contributed by atoms with E-state index < -0.39 is 0 Å². The summed E-state index contributed by atoms with van der Waals surface area (Å²) < 4.78 is 13.9. The van der Waals surface area contributed by atoms with Crippen LogP contribution in [-0.4, -0.2) is 36.2 Å². The molecule has 104 valence electrons. The molecule has 3 nitrogen and oxygen atoms in total. The molecule has 1 aromatic rings. The zero-order valence-corrected chi connectivity index (χ0v) is 11.3. The lowest BCUT2D eigenvalue weighted by molar-refractivity contribution is 0.189. The number of benzene rings is 1. The first-order chi connectivity index (χ1) is 9.21. The van der Waals surface area contributed by atoms with Crippen LogP contribution < -0.4 is 5.73 Å². The molecule has 0 aliphatic rings. The topological polar surface area (TPSA) is 49.5 Å². The van der Waals surface area contributed by atoms with Crippen LogP contribution in [0.4, 0.5) is 4.39 Å². The molecule has 0 saturated carbocycles. The smallest absolute Gasteiger partial charge is 0.128 e. The van der Waals surface area contributed by atoms with Crippen molar-refractivity contribution >= 4 is 0 Å². The summed E-state index contributed by atoms with van der Waals surface area (Å²) in [5.74, 6) is 5.25. The van der Waals surface area contributed by atoms with Gasteiger partial charge in [0.2, 0.25) is 0 Å². The first-order valence-electron chi connectivity index (χ1n) is 6.51. The van der Waals surface area contributed by atoms with E-state index in [9.17, 15) is 4.39 Å². The molecule has 0 radical (unpaired) electrons. The van der Waals surface area contributed by atoms with E-state index in [1.54, 1.807) is 12.1 Å². The number of hydrogen-bond acceptors (Lipinski definition) is 3. The molecule has 0 aromatic heterocycles. The maximum Gasteiger partial charge on any atom is 0.128 e. The number of nitrogens with zero attached hydrogens (tertiary/aromatic N) is 1. The highest BCUT2D eigenvalue weighted by molar-refractivity contribution is 5.37. The molecular formula is C15H21FN2O. The van der Waals surface area contributed by atoms with E-state index in [-0.39, 0.29) is 19.0 Å². The zero-order chi connectivity index (χ0) is 14.1. The predicted molar refractivity (Wildman–Crippen MR) is 75.0 cm³/mol. The van der Waals surface area contributed by atoms with Gasteiger partial charge in [-0.3, -0.25) is 4.90 Å². The number of hydrogen-bond donors (Lipinski definition) is 2. The fraction of sp³-hybridized carbons (Fsp3) is 0.467. The van der Waals surface area contributed by atoms with Gasteiger partial charge in [-0.1, -0.05) is 24.8 Å². The number of halogens is 1. The second-order valence-corrected chi connectivity index (χ2v) is 4.31. The highest BCUT2D eigenvalue weighted by Gasteiger charge is 2.08. The summed E-state index contributed by atoms with van der Waals surface area (Å²) >= 11 is 0. The minimum absolute atomic E-state index is 0.0850. The van der Waals surface area contributed by atoms with Crippen molar-refractivity contribution in [2.75, 3.05) is 26.2 Å². The molecule has 0 bridgehead atoms. The lowest BCUT2D eigenvalue weighted by atomic mass is 10.1. The second kappa shape index (κ2) is 8.65. The molecule has 0 saturated heterocycles. The summed E-state index contributed by atoms with van der Waals surface area (Å²) in [7, 11) is 0. The summed E-state index contributed by atoms with van der Waals surface area (Å²) in [6, 6.07) is 4.97. The quantitative estimate of drug-likeness (QED) is 0.762. The summed E-state index contributed by atoms with van der Waals surface area (Å²) in [5.41, 5.74) is 6.54. The molecule has 1 rings (SSSR count). The molecule has 1 aromatic carbocycles. The van der Waals surface area contributed by atoms with Crippen LogP contribution in [0.1, 0.15) is 24.5 Å². The maximum absolute atomic E-state index is 13.9. The van der Waals surface area contributed by atoms with E-state index in [2.05, 4.69) is 18.8 Å². The summed E-state index contributed by atoms with van der Waals surface area (Å²) in [5, 5.41) is 8.99. The van der Waals surface area contributed by atoms with Crippen molar-refractivity contribution in [3.63, 3.8) is 0 Å². The van der Waals surface area contributed by atoms with Gasteiger partial charge in [0.05, 0.1) is 13.2 Å². The number of aliphatic hydroxyl groups excluding tert-OH is 1. The molecule has 19 heavy (non-hydrogen) atoms. The minimum Gasteiger partial charge on any atom is -0.395 e. The van der Waals surface area contributed by atoms with Crippen LogP contribution in [0.3, 0.4) is 0 Å². The van der Waals surface area contributed by atoms with Crippen molar-refractivity contribution in [1.29, 1.82) is 0 Å². The maximum atomic E-state index is 13.9. The third-order valence-corrected chi connectivity index (χ3v) is 2.74. The van der Waals surface area contributed by atoms with Crippen LogP contribution in [0.25, 0.3) is 0 Å². The average Bonchev–Trinajstić information content (AvgIpc) is 2.39. The van der Waals surface area contributed by atoms with Crippen molar-refractivity contribution in [2.45, 2.75) is 19.9 Å². The summed E-state index contributed by atoms with van der Waals surface area (Å²) in [6.45, 7) is 4.32. The van der Waals surface area contributed by atoms with Crippen LogP contribution in [-0.2, 0) is 6.54 Å². The molecular weight excluding hydrogens is 243 g/mol. The Morgan fingerprint density at radius 3 is 2.74 bits per heavy atom. The van der Waals surface area contributed by atoms with Gasteiger partial charge in [0.25, 0.3) is 0 Å². The summed E-state index contributed by atoms with van der Waals surface area (Å²) in [6.07, 6.45) is 0.974. The number of rotatable bonds is 6. The molecule has 0 atom stereocenters. The molecule has 0 fully saturated rings. The minimum atomic E-state index is -0.261. The molecule has 0 amide bonds. The Bertz CT molecular complexity index is 445. The highest BCUT2D eigenvalue weighted by atomic mass is 19.1. The number of aliphatic hydroxyl groups is 1. The Hall–Kier alpha value is -1.41. The summed E-state index contributed by atoms with van der Waals surface area (Å²) in [4.78, 5) is 2.03. The fourth-order valence-electron chi connectivity index (χ4n) is 1.87. The zero-order valence-electron chi connectivity index (χ0n) is 11.3. The van der Waals surface area contributed by atoms with Crippen molar-refractivity contribution in [3.05, 3.63) is 35.1 Å². The lowest BCUT2D eigenvalue weighted by Crippen LogP contribution is -2.27. The molecule has 0 spiro atoms. The van der Waals surface area contributed by atoms with Crippen molar-refractivity contribution in [3.8, 4) is 11.8 Å². The van der Waals surface area contributed by atoms with E-state index in [4.69, 9.17) is 10.8 Å². The SMILES string of the molecule is CCCN(CCO)Cc1ccc(C#CCN)cc1F. The molecule has 0 aliphatic carbocycles. The van der Waals surface area contributed by atoms with Gasteiger partial charge in [-0.25, -0.2) is 4.39 Å². The normalized spacial score (nSPS) is 10.4. The van der Waals surface area contributed by atoms with Gasteiger partial charge >= 0.3 is 0 Å². The molecule has 0 unspecified atom stereocenters. The standard InChI is InChI=1S/C15H21FN2O/c1-2-8-18(9-10-19)12-14-6-5-13(4-3-7-17)11-15(14)16/h5-6,11,19H,2,7-10,12,17H2,1H3. The van der Waals surface area contributed by atoms with Gasteiger partial charge in [0.15, 0.2) is 0 Å². The molecule has 0 aliphatic heterocycles. The molecule has 4 heteroatoms. The van der Waals surface area contributed by atoms with Crippen LogP contribution in [0.2, 0.25) is 0 Å². The van der Waals surface area contributed by atoms with Crippen LogP contribution >= 0.6 is 0 Å². The van der Waals surface area contributed by atoms with Gasteiger partial charge < -0.3 is 10.8 Å². The predicted octanol–water partition coefficient (Wildman–Crippen LogP) is 1.34. The Labute approximate surface area is 114 Å². The van der Waals surface area contributed by atoms with E-state index in [0.717, 1.165) is 13.0 Å². The van der Waals surface area contributed by atoms with Crippen LogP contribution in [0.15, 0.2) is 18.2 Å². The molecule has 0 heterocycles. The van der Waals surface area contributed by atoms with Crippen molar-refractivity contribution < 1.29 is 9.50 Å². The fourth-order valence-corrected chi connectivity index (χ4v) is 1.87. The van der Waals surface area contributed by atoms with E-state index in [1.807, 2.05) is 4.90 Å². The van der Waals surface area contributed by atoms with E-state index >= 15 is 0 Å². The third-order valence-electron chi connectivity index (χ3n) is 2.74. The average molecular weight is 264 g/mol. The van der Waals surface area contributed by atoms with Gasteiger partial charge in [0.1, 0.15) is 5.82 Å². The van der Waals surface area contributed by atoms with Crippen molar-refractivity contribution in [1.82, 2.24) is 4.90 Å². The van der Waals surface area contributed by atoms with Crippen molar-refractivity contribution in [2.24, 2.45) is 5.73 Å². The Balaban J connectivity index is 2.77. The van der Waals surface area contributed by atoms with Crippen LogP contribution in [0.5, 0.6) is 0 Å². The Kier molecular flexibility index (Phi) is 7.12. The lowest BCUT2D eigenvalue weighted by Gasteiger charge is -2.20. The Morgan fingerprint density at radius 1 is 1.37 bits per heavy atom. The van der Waals surface area contributed by atoms with Gasteiger partial charge in [-0.15, -0.1) is 0 Å². The Morgan fingerprint density at radius 2 is 2.16 bits per heavy atom. The monoisotopic (exact) mass is 264 g/mol. The molecule has 3 N–H and O–H groups in total. The first-order valence-corrected chi connectivity index (χ1v) is 6.51. The number of nitrogens with two attached hydrogens (primary N) is 1. The largest absolute Gasteiger partial charge is 0.395 e. The highest BCUT2D eigenvalue weighted by Crippen LogP contribution is 2.12.